The van der Waals surface area contributed by atoms with Crippen LogP contribution in [0.25, 0.3) is 33.6 Å². The third-order valence-corrected chi connectivity index (χ3v) is 8.72. The normalized spacial score (nSPS) is 19.2. The van der Waals surface area contributed by atoms with E-state index in [1.165, 1.54) is 7.11 Å². The second-order valence-electron chi connectivity index (χ2n) is 12.3. The molecule has 3 atom stereocenters. The zero-order chi connectivity index (χ0) is 32.2. The quantitative estimate of drug-likeness (QED) is 0.247. The van der Waals surface area contributed by atoms with E-state index in [1.54, 1.807) is 4.90 Å². The Bertz CT molecular complexity index is 1640. The number of aromatic nitrogens is 4. The molecule has 46 heavy (non-hydrogen) atoms. The maximum atomic E-state index is 13.9. The topological polar surface area (TPSA) is 134 Å². The average Bonchev–Trinajstić information content (AvgIpc) is 3.81. The van der Waals surface area contributed by atoms with Gasteiger partial charge < -0.3 is 34.4 Å². The summed E-state index contributed by atoms with van der Waals surface area (Å²) >= 11 is 0. The molecule has 0 unspecified atom stereocenters. The molecule has 11 nitrogen and oxygen atoms in total. The van der Waals surface area contributed by atoms with Gasteiger partial charge in [-0.05, 0) is 42.4 Å². The number of aryl methyl sites for hydroxylation is 1. The summed E-state index contributed by atoms with van der Waals surface area (Å²) in [5, 5.41) is 2.73. The minimum absolute atomic E-state index is 0.137. The van der Waals surface area contributed by atoms with Gasteiger partial charge in [0.25, 0.3) is 0 Å². The van der Waals surface area contributed by atoms with Crippen LogP contribution in [-0.2, 0) is 25.6 Å². The van der Waals surface area contributed by atoms with Crippen molar-refractivity contribution in [3.8, 4) is 33.6 Å². The van der Waals surface area contributed by atoms with Crippen LogP contribution in [0.3, 0.4) is 0 Å². The van der Waals surface area contributed by atoms with Crippen molar-refractivity contribution in [2.75, 3.05) is 26.9 Å². The van der Waals surface area contributed by atoms with Crippen LogP contribution < -0.4 is 5.32 Å². The van der Waals surface area contributed by atoms with E-state index in [-0.39, 0.29) is 24.0 Å². The summed E-state index contributed by atoms with van der Waals surface area (Å²) in [4.78, 5) is 44.0. The van der Waals surface area contributed by atoms with Crippen LogP contribution in [-0.4, -0.2) is 75.9 Å². The predicted molar refractivity (Wildman–Crippen MR) is 174 cm³/mol. The predicted octanol–water partition coefficient (Wildman–Crippen LogP) is 5.79. The average molecular weight is 627 g/mol. The number of hydrogen-bond acceptors (Lipinski definition) is 7. The smallest absolute Gasteiger partial charge is 0.407 e. The summed E-state index contributed by atoms with van der Waals surface area (Å²) in [5.74, 6) is 1.25. The Balaban J connectivity index is 1.28. The molecule has 6 rings (SSSR count). The molecule has 1 saturated heterocycles. The van der Waals surface area contributed by atoms with Crippen LogP contribution in [0.2, 0.25) is 0 Å². The van der Waals surface area contributed by atoms with Gasteiger partial charge in [0.05, 0.1) is 49.1 Å². The highest BCUT2D eigenvalue weighted by molar-refractivity contribution is 5.86. The highest BCUT2D eigenvalue weighted by atomic mass is 16.5. The lowest BCUT2D eigenvalue weighted by atomic mass is 10.0. The Morgan fingerprint density at radius 2 is 1.65 bits per heavy atom. The number of carbonyl (C=O) groups excluding carboxylic acids is 2. The van der Waals surface area contributed by atoms with E-state index < -0.39 is 12.1 Å². The number of fused-ring (bicyclic) bond motifs is 5. The molecule has 2 aliphatic rings. The molecule has 2 aromatic heterocycles. The summed E-state index contributed by atoms with van der Waals surface area (Å²) in [5.41, 5.74) is 6.91. The van der Waals surface area contributed by atoms with Gasteiger partial charge in [0.2, 0.25) is 5.91 Å². The molecule has 0 aliphatic carbocycles. The molecule has 2 aliphatic heterocycles. The Kier molecular flexibility index (Phi) is 9.51. The fraction of sp³-hybridized carbons (Fsp3) is 0.429. The SMILES string of the molecule is COC(=O)N[C@H](C(=O)N1C[C@@H]2C[C@H]1c1nc(-c3ccc(-c4ccc(-c5cnc(C)[nH]5)cc4)cc3)c([nH]1)COCCCCO2)C(C)C. The first-order valence-corrected chi connectivity index (χ1v) is 16.0. The van der Waals surface area contributed by atoms with Crippen molar-refractivity contribution in [1.29, 1.82) is 0 Å². The summed E-state index contributed by atoms with van der Waals surface area (Å²) in [6.07, 6.45) is 3.43. The highest BCUT2D eigenvalue weighted by Gasteiger charge is 2.42. The van der Waals surface area contributed by atoms with Crippen molar-refractivity contribution in [2.24, 2.45) is 5.92 Å². The van der Waals surface area contributed by atoms with Gasteiger partial charge in [-0.1, -0.05) is 62.4 Å². The molecular weight excluding hydrogens is 584 g/mol. The van der Waals surface area contributed by atoms with Crippen LogP contribution in [0.15, 0.2) is 54.7 Å². The van der Waals surface area contributed by atoms with E-state index in [2.05, 4.69) is 68.8 Å². The zero-order valence-corrected chi connectivity index (χ0v) is 26.8. The van der Waals surface area contributed by atoms with Gasteiger partial charge in [0.1, 0.15) is 17.7 Å². The number of amides is 2. The number of likely N-dealkylation sites (tertiary alicyclic amines) is 1. The van der Waals surface area contributed by atoms with Gasteiger partial charge in [-0.2, -0.15) is 0 Å². The number of nitrogens with one attached hydrogen (secondary N) is 3. The molecule has 4 aromatic rings. The number of carbonyl (C=O) groups is 2. The Morgan fingerprint density at radius 3 is 2.30 bits per heavy atom. The van der Waals surface area contributed by atoms with Gasteiger partial charge >= 0.3 is 6.09 Å². The second kappa shape index (κ2) is 13.9. The second-order valence-corrected chi connectivity index (χ2v) is 12.3. The van der Waals surface area contributed by atoms with Crippen molar-refractivity contribution in [1.82, 2.24) is 30.2 Å². The number of benzene rings is 2. The first kappa shape index (κ1) is 31.5. The Morgan fingerprint density at radius 1 is 0.978 bits per heavy atom. The fourth-order valence-electron chi connectivity index (χ4n) is 6.19. The van der Waals surface area contributed by atoms with Gasteiger partial charge in [0, 0.05) is 31.7 Å². The molecule has 1 fully saturated rings. The third-order valence-electron chi connectivity index (χ3n) is 8.72. The van der Waals surface area contributed by atoms with Gasteiger partial charge in [0.15, 0.2) is 0 Å². The number of methoxy groups -OCH3 is 1. The van der Waals surface area contributed by atoms with Crippen LogP contribution in [0, 0.1) is 12.8 Å². The number of H-pyrrole nitrogens is 2. The first-order valence-electron chi connectivity index (χ1n) is 16.0. The van der Waals surface area contributed by atoms with Gasteiger partial charge in [-0.25, -0.2) is 14.8 Å². The largest absolute Gasteiger partial charge is 0.453 e. The van der Waals surface area contributed by atoms with Crippen molar-refractivity contribution in [3.05, 3.63) is 72.1 Å². The molecule has 4 bridgehead atoms. The van der Waals surface area contributed by atoms with Crippen LogP contribution >= 0.6 is 0 Å². The third kappa shape index (κ3) is 6.85. The minimum atomic E-state index is -0.741. The molecule has 242 valence electrons. The lowest BCUT2D eigenvalue weighted by molar-refractivity contribution is -0.136. The van der Waals surface area contributed by atoms with Crippen LogP contribution in [0.1, 0.15) is 56.5 Å². The maximum absolute atomic E-state index is 13.9. The number of hydrogen-bond donors (Lipinski definition) is 3. The number of aromatic amines is 2. The van der Waals surface area contributed by atoms with Gasteiger partial charge in [-0.3, -0.25) is 4.79 Å². The van der Waals surface area contributed by atoms with Crippen LogP contribution in [0.4, 0.5) is 4.79 Å². The highest BCUT2D eigenvalue weighted by Crippen LogP contribution is 2.36. The molecule has 2 amide bonds. The van der Waals surface area contributed by atoms with Crippen molar-refractivity contribution in [3.63, 3.8) is 0 Å². The molecule has 4 heterocycles. The molecule has 11 heteroatoms. The first-order chi connectivity index (χ1) is 22.3. The Hall–Kier alpha value is -4.48. The summed E-state index contributed by atoms with van der Waals surface area (Å²) in [6.45, 7) is 7.77. The number of nitrogens with zero attached hydrogens (tertiary/aromatic N) is 3. The molecule has 0 radical (unpaired) electrons. The fourth-order valence-corrected chi connectivity index (χ4v) is 6.19. The number of imidazole rings is 2. The zero-order valence-electron chi connectivity index (χ0n) is 26.8. The van der Waals surface area contributed by atoms with E-state index in [1.807, 2.05) is 27.0 Å². The molecule has 2 aromatic carbocycles. The number of ether oxygens (including phenoxy) is 3. The Labute approximate surface area is 269 Å². The van der Waals surface area contributed by atoms with Crippen molar-refractivity contribution in [2.45, 2.75) is 64.8 Å². The molecular formula is C35H42N6O5. The number of rotatable bonds is 6. The lowest BCUT2D eigenvalue weighted by Crippen LogP contribution is -2.51. The van der Waals surface area contributed by atoms with Crippen LogP contribution in [0.5, 0.6) is 0 Å². The van der Waals surface area contributed by atoms with E-state index in [9.17, 15) is 9.59 Å². The van der Waals surface area contributed by atoms with E-state index in [0.29, 0.717) is 38.6 Å². The standard InChI is InChI=1S/C35H42N6O5/c1-21(2)31(40-35(43)44-4)34(42)41-19-27-17-30(41)33-38-29(20-45-15-5-6-16-46-27)32(39-33)26-13-9-24(10-14-26)23-7-11-25(12-8-23)28-18-36-22(3)37-28/h7-14,18,21,27,30-31H,5-6,15-17,19-20H2,1-4H3,(H,36,37)(H,38,39)(H,40,43)/t27-,30-,31-/m0/s1. The van der Waals surface area contributed by atoms with E-state index in [4.69, 9.17) is 19.2 Å². The monoisotopic (exact) mass is 626 g/mol. The molecule has 0 saturated carbocycles. The summed E-state index contributed by atoms with van der Waals surface area (Å²) in [6, 6.07) is 15.7. The molecule has 3 N–H and O–H groups in total. The summed E-state index contributed by atoms with van der Waals surface area (Å²) in [7, 11) is 1.30. The minimum Gasteiger partial charge on any atom is -0.453 e. The van der Waals surface area contributed by atoms with Crippen molar-refractivity contribution >= 4 is 12.0 Å². The van der Waals surface area contributed by atoms with Crippen molar-refractivity contribution < 1.29 is 23.8 Å². The van der Waals surface area contributed by atoms with Gasteiger partial charge in [-0.15, -0.1) is 0 Å². The summed E-state index contributed by atoms with van der Waals surface area (Å²) < 4.78 is 17.1. The van der Waals surface area contributed by atoms with E-state index >= 15 is 0 Å². The maximum Gasteiger partial charge on any atom is 0.407 e. The molecule has 0 spiro atoms. The lowest BCUT2D eigenvalue weighted by Gasteiger charge is -2.29. The van der Waals surface area contributed by atoms with E-state index in [0.717, 1.165) is 58.0 Å². The number of alkyl carbamates (subject to hydrolysis) is 1.